The molecule has 0 bridgehead atoms. The van der Waals surface area contributed by atoms with Crippen LogP contribution in [0.5, 0.6) is 0 Å². The summed E-state index contributed by atoms with van der Waals surface area (Å²) in [7, 11) is 1.72. The summed E-state index contributed by atoms with van der Waals surface area (Å²) in [5, 5.41) is 3.38. The van der Waals surface area contributed by atoms with Crippen molar-refractivity contribution in [1.29, 1.82) is 0 Å². The number of methoxy groups -OCH3 is 1. The molecule has 1 N–H and O–H groups in total. The van der Waals surface area contributed by atoms with Gasteiger partial charge in [-0.15, -0.1) is 0 Å². The van der Waals surface area contributed by atoms with Crippen LogP contribution < -0.4 is 5.32 Å². The fourth-order valence-corrected chi connectivity index (χ4v) is 1.50. The predicted octanol–water partition coefficient (Wildman–Crippen LogP) is 1.59. The first-order chi connectivity index (χ1) is 7.15. The van der Waals surface area contributed by atoms with E-state index in [2.05, 4.69) is 35.6 Å². The molecule has 0 spiro atoms. The molecule has 0 fully saturated rings. The highest BCUT2D eigenvalue weighted by Gasteiger charge is 2.08. The second-order valence-electron chi connectivity index (χ2n) is 4.13. The van der Waals surface area contributed by atoms with Crippen LogP contribution in [-0.4, -0.2) is 29.3 Å². The summed E-state index contributed by atoms with van der Waals surface area (Å²) < 4.78 is 7.29. The summed E-state index contributed by atoms with van der Waals surface area (Å²) in [4.78, 5) is 4.17. The number of rotatable bonds is 6. The SMILES string of the molecule is COCC(C)n1cncc1CNC(C)C. The van der Waals surface area contributed by atoms with Gasteiger partial charge in [-0.25, -0.2) is 4.98 Å². The summed E-state index contributed by atoms with van der Waals surface area (Å²) in [6, 6.07) is 0.826. The fourth-order valence-electron chi connectivity index (χ4n) is 1.50. The molecule has 0 saturated carbocycles. The molecule has 1 rings (SSSR count). The Morgan fingerprint density at radius 2 is 2.20 bits per heavy atom. The molecule has 1 aromatic heterocycles. The van der Waals surface area contributed by atoms with Gasteiger partial charge < -0.3 is 14.6 Å². The van der Waals surface area contributed by atoms with Crippen LogP contribution in [-0.2, 0) is 11.3 Å². The molecular weight excluding hydrogens is 190 g/mol. The topological polar surface area (TPSA) is 39.1 Å². The molecule has 1 heterocycles. The van der Waals surface area contributed by atoms with Crippen molar-refractivity contribution in [1.82, 2.24) is 14.9 Å². The Kier molecular flexibility index (Phi) is 4.78. The number of hydrogen-bond acceptors (Lipinski definition) is 3. The number of aromatic nitrogens is 2. The zero-order valence-corrected chi connectivity index (χ0v) is 10.0. The maximum absolute atomic E-state index is 5.14. The van der Waals surface area contributed by atoms with E-state index in [1.165, 1.54) is 5.69 Å². The van der Waals surface area contributed by atoms with Crippen molar-refractivity contribution in [3.05, 3.63) is 18.2 Å². The van der Waals surface area contributed by atoms with E-state index in [4.69, 9.17) is 4.74 Å². The van der Waals surface area contributed by atoms with Gasteiger partial charge in [-0.2, -0.15) is 0 Å². The van der Waals surface area contributed by atoms with Crippen LogP contribution >= 0.6 is 0 Å². The first-order valence-corrected chi connectivity index (χ1v) is 5.38. The molecule has 15 heavy (non-hydrogen) atoms. The van der Waals surface area contributed by atoms with Crippen LogP contribution in [0.3, 0.4) is 0 Å². The van der Waals surface area contributed by atoms with Gasteiger partial charge in [-0.05, 0) is 6.92 Å². The second-order valence-corrected chi connectivity index (χ2v) is 4.13. The largest absolute Gasteiger partial charge is 0.383 e. The number of imidazole rings is 1. The second kappa shape index (κ2) is 5.88. The van der Waals surface area contributed by atoms with Gasteiger partial charge in [-0.1, -0.05) is 13.8 Å². The Morgan fingerprint density at radius 1 is 1.47 bits per heavy atom. The van der Waals surface area contributed by atoms with Crippen molar-refractivity contribution in [3.63, 3.8) is 0 Å². The van der Waals surface area contributed by atoms with E-state index in [9.17, 15) is 0 Å². The minimum absolute atomic E-state index is 0.335. The average molecular weight is 211 g/mol. The smallest absolute Gasteiger partial charge is 0.0951 e. The molecule has 0 saturated heterocycles. The van der Waals surface area contributed by atoms with Crippen LogP contribution in [0.4, 0.5) is 0 Å². The highest BCUT2D eigenvalue weighted by atomic mass is 16.5. The molecule has 1 unspecified atom stereocenters. The van der Waals surface area contributed by atoms with Crippen molar-refractivity contribution in [3.8, 4) is 0 Å². The molecule has 4 nitrogen and oxygen atoms in total. The molecule has 1 aromatic rings. The third-order valence-corrected chi connectivity index (χ3v) is 2.32. The van der Waals surface area contributed by atoms with Gasteiger partial charge in [0.1, 0.15) is 0 Å². The first kappa shape index (κ1) is 12.2. The van der Waals surface area contributed by atoms with Gasteiger partial charge >= 0.3 is 0 Å². The van der Waals surface area contributed by atoms with Crippen LogP contribution in [0.1, 0.15) is 32.5 Å². The van der Waals surface area contributed by atoms with Crippen LogP contribution in [0, 0.1) is 0 Å². The standard InChI is InChI=1S/C11H21N3O/c1-9(2)13-6-11-5-12-8-14(11)10(3)7-15-4/h5,8-10,13H,6-7H2,1-4H3. The number of hydrogen-bond donors (Lipinski definition) is 1. The number of ether oxygens (including phenoxy) is 1. The van der Waals surface area contributed by atoms with Gasteiger partial charge in [-0.3, -0.25) is 0 Å². The first-order valence-electron chi connectivity index (χ1n) is 5.38. The third kappa shape index (κ3) is 3.64. The molecule has 0 aliphatic rings. The van der Waals surface area contributed by atoms with Crippen molar-refractivity contribution in [2.75, 3.05) is 13.7 Å². The summed E-state index contributed by atoms with van der Waals surface area (Å²) in [5.41, 5.74) is 1.20. The predicted molar refractivity (Wildman–Crippen MR) is 60.8 cm³/mol. The van der Waals surface area contributed by atoms with E-state index >= 15 is 0 Å². The van der Waals surface area contributed by atoms with E-state index in [1.807, 2.05) is 12.5 Å². The number of nitrogens with zero attached hydrogens (tertiary/aromatic N) is 2. The Bertz CT molecular complexity index is 283. The summed E-state index contributed by atoms with van der Waals surface area (Å²) >= 11 is 0. The van der Waals surface area contributed by atoms with Gasteiger partial charge in [0.15, 0.2) is 0 Å². The minimum atomic E-state index is 0.335. The van der Waals surface area contributed by atoms with E-state index in [0.29, 0.717) is 18.7 Å². The monoisotopic (exact) mass is 211 g/mol. The lowest BCUT2D eigenvalue weighted by molar-refractivity contribution is 0.161. The van der Waals surface area contributed by atoms with Crippen LogP contribution in [0.25, 0.3) is 0 Å². The normalized spacial score (nSPS) is 13.4. The zero-order valence-electron chi connectivity index (χ0n) is 10.0. The average Bonchev–Trinajstić information content (AvgIpc) is 2.62. The lowest BCUT2D eigenvalue weighted by Gasteiger charge is -2.16. The summed E-state index contributed by atoms with van der Waals surface area (Å²) in [5.74, 6) is 0. The van der Waals surface area contributed by atoms with Gasteiger partial charge in [0, 0.05) is 25.9 Å². The maximum atomic E-state index is 5.14. The lowest BCUT2D eigenvalue weighted by Crippen LogP contribution is -2.24. The van der Waals surface area contributed by atoms with Crippen LogP contribution in [0.15, 0.2) is 12.5 Å². The zero-order chi connectivity index (χ0) is 11.3. The molecule has 0 aliphatic heterocycles. The molecule has 0 aromatic carbocycles. The van der Waals surface area contributed by atoms with Gasteiger partial charge in [0.2, 0.25) is 0 Å². The third-order valence-electron chi connectivity index (χ3n) is 2.32. The minimum Gasteiger partial charge on any atom is -0.383 e. The van der Waals surface area contributed by atoms with E-state index < -0.39 is 0 Å². The van der Waals surface area contributed by atoms with Crippen molar-refractivity contribution in [2.24, 2.45) is 0 Å². The van der Waals surface area contributed by atoms with Crippen molar-refractivity contribution in [2.45, 2.75) is 39.4 Å². The molecule has 0 amide bonds. The van der Waals surface area contributed by atoms with Crippen molar-refractivity contribution >= 4 is 0 Å². The van der Waals surface area contributed by atoms with Crippen molar-refractivity contribution < 1.29 is 4.74 Å². The molecule has 0 radical (unpaired) electrons. The summed E-state index contributed by atoms with van der Waals surface area (Å²) in [6.07, 6.45) is 3.77. The van der Waals surface area contributed by atoms with Gasteiger partial charge in [0.05, 0.1) is 24.7 Å². The maximum Gasteiger partial charge on any atom is 0.0951 e. The highest BCUT2D eigenvalue weighted by molar-refractivity contribution is 5.00. The summed E-state index contributed by atoms with van der Waals surface area (Å²) in [6.45, 7) is 7.97. The molecule has 4 heteroatoms. The van der Waals surface area contributed by atoms with E-state index in [-0.39, 0.29) is 0 Å². The molecular formula is C11H21N3O. The van der Waals surface area contributed by atoms with Gasteiger partial charge in [0.25, 0.3) is 0 Å². The Hall–Kier alpha value is -0.870. The molecule has 0 aliphatic carbocycles. The molecule has 86 valence electrons. The van der Waals surface area contributed by atoms with E-state index in [1.54, 1.807) is 7.11 Å². The Balaban J connectivity index is 2.60. The highest BCUT2D eigenvalue weighted by Crippen LogP contribution is 2.10. The molecule has 1 atom stereocenters. The lowest BCUT2D eigenvalue weighted by atomic mass is 10.3. The Morgan fingerprint density at radius 3 is 2.80 bits per heavy atom. The van der Waals surface area contributed by atoms with Crippen LogP contribution in [0.2, 0.25) is 0 Å². The fraction of sp³-hybridized carbons (Fsp3) is 0.727. The van der Waals surface area contributed by atoms with E-state index in [0.717, 1.165) is 6.54 Å². The Labute approximate surface area is 91.7 Å². The number of nitrogens with one attached hydrogen (secondary N) is 1. The quantitative estimate of drug-likeness (QED) is 0.776.